The third-order valence-electron chi connectivity index (χ3n) is 7.46. The standard InChI is InChI=1S/C29H30ClF2N3S/c1-18(28-27(30)26-24(31)10-11-25(32)29(26)36-28)35(23-8-6-22(33-2)7-9-23)17-19-4-3-5-21(16-19)20-12-14-34-15-13-20/h3-5,10-16,18,22-23,33H,6-9,17H2,1-2H3/t18?,22-,23-. The first kappa shape index (κ1) is 25.3. The molecule has 2 heterocycles. The fourth-order valence-electron chi connectivity index (χ4n) is 5.42. The zero-order chi connectivity index (χ0) is 25.2. The molecule has 3 nitrogen and oxygen atoms in total. The lowest BCUT2D eigenvalue weighted by Gasteiger charge is -2.40. The molecule has 0 aliphatic heterocycles. The Kier molecular flexibility index (Phi) is 7.68. The van der Waals surface area contributed by atoms with E-state index >= 15 is 0 Å². The Balaban J connectivity index is 1.50. The summed E-state index contributed by atoms with van der Waals surface area (Å²) < 4.78 is 29.5. The van der Waals surface area contributed by atoms with Gasteiger partial charge in [0, 0.05) is 41.9 Å². The molecule has 0 amide bonds. The first-order valence-corrected chi connectivity index (χ1v) is 13.6. The van der Waals surface area contributed by atoms with Gasteiger partial charge in [-0.2, -0.15) is 0 Å². The van der Waals surface area contributed by atoms with Gasteiger partial charge in [0.1, 0.15) is 11.6 Å². The summed E-state index contributed by atoms with van der Waals surface area (Å²) in [6.07, 6.45) is 7.93. The summed E-state index contributed by atoms with van der Waals surface area (Å²) in [5.41, 5.74) is 3.46. The van der Waals surface area contributed by atoms with Gasteiger partial charge in [-0.3, -0.25) is 9.88 Å². The Labute approximate surface area is 220 Å². The number of pyridine rings is 1. The summed E-state index contributed by atoms with van der Waals surface area (Å²) in [5.74, 6) is -0.903. The van der Waals surface area contributed by atoms with Gasteiger partial charge in [0.25, 0.3) is 0 Å². The zero-order valence-electron chi connectivity index (χ0n) is 20.5. The molecule has 4 aromatic rings. The van der Waals surface area contributed by atoms with E-state index in [2.05, 4.69) is 46.4 Å². The molecule has 1 atom stereocenters. The topological polar surface area (TPSA) is 28.2 Å². The van der Waals surface area contributed by atoms with Crippen LogP contribution < -0.4 is 5.32 Å². The Hall–Kier alpha value is -2.38. The summed E-state index contributed by atoms with van der Waals surface area (Å²) in [6, 6.07) is 15.7. The van der Waals surface area contributed by atoms with E-state index in [1.165, 1.54) is 23.0 Å². The number of fused-ring (bicyclic) bond motifs is 1. The zero-order valence-corrected chi connectivity index (χ0v) is 22.1. The summed E-state index contributed by atoms with van der Waals surface area (Å²) in [7, 11) is 2.02. The number of aromatic nitrogens is 1. The summed E-state index contributed by atoms with van der Waals surface area (Å²) in [6.45, 7) is 2.84. The number of nitrogens with zero attached hydrogens (tertiary/aromatic N) is 2. The second-order valence-corrected chi connectivity index (χ2v) is 11.0. The van der Waals surface area contributed by atoms with Crippen molar-refractivity contribution in [3.8, 4) is 11.1 Å². The van der Waals surface area contributed by atoms with Crippen LogP contribution in [0.25, 0.3) is 21.2 Å². The van der Waals surface area contributed by atoms with Crippen LogP contribution >= 0.6 is 22.9 Å². The molecule has 2 aromatic heterocycles. The van der Waals surface area contributed by atoms with Crippen molar-refractivity contribution < 1.29 is 8.78 Å². The predicted octanol–water partition coefficient (Wildman–Crippen LogP) is 7.99. The van der Waals surface area contributed by atoms with E-state index in [0.717, 1.165) is 54.3 Å². The van der Waals surface area contributed by atoms with E-state index in [-0.39, 0.29) is 11.4 Å². The van der Waals surface area contributed by atoms with Crippen molar-refractivity contribution in [2.45, 2.75) is 57.3 Å². The largest absolute Gasteiger partial charge is 0.317 e. The van der Waals surface area contributed by atoms with Gasteiger partial charge in [-0.05, 0) is 86.7 Å². The number of nitrogens with one attached hydrogen (secondary N) is 1. The SMILES string of the molecule is CN[C@H]1CC[C@H](N(Cc2cccc(-c3ccncc3)c2)C(C)c2sc3c(F)ccc(F)c3c2Cl)CC1. The number of rotatable bonds is 7. The lowest BCUT2D eigenvalue weighted by atomic mass is 9.89. The van der Waals surface area contributed by atoms with Gasteiger partial charge < -0.3 is 5.32 Å². The molecule has 1 aliphatic rings. The molecule has 0 radical (unpaired) electrons. The second kappa shape index (κ2) is 10.9. The van der Waals surface area contributed by atoms with Crippen molar-refractivity contribution in [2.75, 3.05) is 7.05 Å². The molecule has 5 rings (SSSR count). The van der Waals surface area contributed by atoms with Gasteiger partial charge in [-0.25, -0.2) is 8.78 Å². The Bertz CT molecular complexity index is 1340. The molecule has 1 saturated carbocycles. The predicted molar refractivity (Wildman–Crippen MR) is 145 cm³/mol. The van der Waals surface area contributed by atoms with E-state index in [9.17, 15) is 8.78 Å². The average Bonchev–Trinajstić information content (AvgIpc) is 3.28. The summed E-state index contributed by atoms with van der Waals surface area (Å²) in [4.78, 5) is 7.43. The highest BCUT2D eigenvalue weighted by molar-refractivity contribution is 7.20. The van der Waals surface area contributed by atoms with Gasteiger partial charge >= 0.3 is 0 Å². The third kappa shape index (κ3) is 5.05. The second-order valence-electron chi connectivity index (χ2n) is 9.59. The Morgan fingerprint density at radius 3 is 2.44 bits per heavy atom. The van der Waals surface area contributed by atoms with Crippen molar-refractivity contribution in [1.82, 2.24) is 15.2 Å². The smallest absolute Gasteiger partial charge is 0.141 e. The number of halogens is 3. The monoisotopic (exact) mass is 525 g/mol. The first-order valence-electron chi connectivity index (χ1n) is 12.4. The van der Waals surface area contributed by atoms with Crippen LogP contribution in [0.1, 0.15) is 49.1 Å². The summed E-state index contributed by atoms with van der Waals surface area (Å²) in [5, 5.41) is 3.94. The molecule has 0 spiro atoms. The van der Waals surface area contributed by atoms with Crippen LogP contribution in [0.15, 0.2) is 60.9 Å². The van der Waals surface area contributed by atoms with E-state index in [4.69, 9.17) is 11.6 Å². The molecule has 188 valence electrons. The van der Waals surface area contributed by atoms with Crippen molar-refractivity contribution in [1.29, 1.82) is 0 Å². The molecule has 1 fully saturated rings. The highest BCUT2D eigenvalue weighted by Crippen LogP contribution is 2.44. The lowest BCUT2D eigenvalue weighted by Crippen LogP contribution is -2.42. The number of hydrogen-bond acceptors (Lipinski definition) is 4. The molecule has 1 N–H and O–H groups in total. The van der Waals surface area contributed by atoms with Crippen molar-refractivity contribution in [3.05, 3.63) is 88.0 Å². The molecule has 2 aromatic carbocycles. The maximum absolute atomic E-state index is 14.6. The van der Waals surface area contributed by atoms with E-state index in [0.29, 0.717) is 21.8 Å². The van der Waals surface area contributed by atoms with Crippen LogP contribution in [0, 0.1) is 11.6 Å². The summed E-state index contributed by atoms with van der Waals surface area (Å²) >= 11 is 8.00. The molecule has 0 bridgehead atoms. The van der Waals surface area contributed by atoms with Gasteiger partial charge in [0.05, 0.1) is 15.1 Å². The van der Waals surface area contributed by atoms with E-state index < -0.39 is 11.6 Å². The molecular weight excluding hydrogens is 496 g/mol. The highest BCUT2D eigenvalue weighted by Gasteiger charge is 2.32. The highest BCUT2D eigenvalue weighted by atomic mass is 35.5. The van der Waals surface area contributed by atoms with Crippen molar-refractivity contribution in [3.63, 3.8) is 0 Å². The van der Waals surface area contributed by atoms with Crippen molar-refractivity contribution in [2.24, 2.45) is 0 Å². The van der Waals surface area contributed by atoms with Gasteiger partial charge in [0.15, 0.2) is 0 Å². The molecule has 36 heavy (non-hydrogen) atoms. The van der Waals surface area contributed by atoms with E-state index in [1.54, 1.807) is 12.4 Å². The first-order chi connectivity index (χ1) is 17.5. The van der Waals surface area contributed by atoms with Crippen LogP contribution in [0.5, 0.6) is 0 Å². The number of thiophene rings is 1. The van der Waals surface area contributed by atoms with Crippen LogP contribution in [0.2, 0.25) is 5.02 Å². The lowest BCUT2D eigenvalue weighted by molar-refractivity contribution is 0.0977. The molecule has 0 saturated heterocycles. The quantitative estimate of drug-likeness (QED) is 0.265. The van der Waals surface area contributed by atoms with Crippen LogP contribution in [-0.4, -0.2) is 29.0 Å². The minimum absolute atomic E-state index is 0.0885. The normalized spacial score (nSPS) is 19.2. The number of benzene rings is 2. The van der Waals surface area contributed by atoms with Crippen LogP contribution in [-0.2, 0) is 6.54 Å². The third-order valence-corrected chi connectivity index (χ3v) is 9.34. The molecular formula is C29H30ClF2N3S. The van der Waals surface area contributed by atoms with Gasteiger partial charge in [-0.15, -0.1) is 11.3 Å². The minimum Gasteiger partial charge on any atom is -0.317 e. The molecule has 1 aliphatic carbocycles. The van der Waals surface area contributed by atoms with Crippen LogP contribution in [0.4, 0.5) is 8.78 Å². The fraction of sp³-hybridized carbons (Fsp3) is 0.345. The van der Waals surface area contributed by atoms with Gasteiger partial charge in [0.2, 0.25) is 0 Å². The average molecular weight is 526 g/mol. The van der Waals surface area contributed by atoms with Crippen LogP contribution in [0.3, 0.4) is 0 Å². The number of hydrogen-bond donors (Lipinski definition) is 1. The van der Waals surface area contributed by atoms with Gasteiger partial charge in [-0.1, -0.05) is 29.8 Å². The Morgan fingerprint density at radius 1 is 1.03 bits per heavy atom. The van der Waals surface area contributed by atoms with E-state index in [1.807, 2.05) is 19.2 Å². The maximum atomic E-state index is 14.6. The Morgan fingerprint density at radius 2 is 1.75 bits per heavy atom. The molecule has 7 heteroatoms. The van der Waals surface area contributed by atoms with Crippen molar-refractivity contribution >= 4 is 33.0 Å². The molecule has 1 unspecified atom stereocenters. The minimum atomic E-state index is -0.475. The fourth-order valence-corrected chi connectivity index (χ4v) is 7.12. The maximum Gasteiger partial charge on any atom is 0.141 e.